The van der Waals surface area contributed by atoms with Gasteiger partial charge in [0.05, 0.1) is 11.1 Å². The minimum absolute atomic E-state index is 0.227. The highest BCUT2D eigenvalue weighted by molar-refractivity contribution is 7.11. The van der Waals surface area contributed by atoms with E-state index in [1.165, 1.54) is 17.7 Å². The van der Waals surface area contributed by atoms with Crippen LogP contribution in [0.5, 0.6) is 0 Å². The van der Waals surface area contributed by atoms with Crippen molar-refractivity contribution in [1.29, 1.82) is 0 Å². The number of aromatic nitrogens is 1. The summed E-state index contributed by atoms with van der Waals surface area (Å²) in [5, 5.41) is 10.9. The molecule has 0 radical (unpaired) electrons. The van der Waals surface area contributed by atoms with E-state index in [2.05, 4.69) is 9.88 Å². The molecule has 1 N–H and O–H groups in total. The lowest BCUT2D eigenvalue weighted by atomic mass is 9.98. The molecule has 3 nitrogen and oxygen atoms in total. The van der Waals surface area contributed by atoms with Gasteiger partial charge < -0.3 is 5.11 Å². The molecule has 0 amide bonds. The lowest BCUT2D eigenvalue weighted by Crippen LogP contribution is -2.45. The van der Waals surface area contributed by atoms with Crippen LogP contribution in [0.2, 0.25) is 0 Å². The number of aliphatic hydroxyl groups is 1. The monoisotopic (exact) mass is 240 g/mol. The van der Waals surface area contributed by atoms with Gasteiger partial charge in [0.2, 0.25) is 0 Å². The van der Waals surface area contributed by atoms with Crippen molar-refractivity contribution >= 4 is 11.3 Å². The Morgan fingerprint density at radius 2 is 2.44 bits per heavy atom. The maximum Gasteiger partial charge on any atom is 0.0897 e. The topological polar surface area (TPSA) is 36.4 Å². The van der Waals surface area contributed by atoms with Crippen LogP contribution in [0, 0.1) is 6.92 Å². The van der Waals surface area contributed by atoms with Gasteiger partial charge in [-0.05, 0) is 33.2 Å². The van der Waals surface area contributed by atoms with Crippen LogP contribution in [0.1, 0.15) is 36.1 Å². The van der Waals surface area contributed by atoms with Crippen LogP contribution in [-0.4, -0.2) is 33.7 Å². The minimum Gasteiger partial charge on any atom is -0.392 e. The van der Waals surface area contributed by atoms with Gasteiger partial charge in [-0.2, -0.15) is 0 Å². The molecule has 0 saturated carbocycles. The van der Waals surface area contributed by atoms with Crippen molar-refractivity contribution in [2.75, 3.05) is 6.54 Å². The highest BCUT2D eigenvalue weighted by Gasteiger charge is 2.26. The van der Waals surface area contributed by atoms with E-state index in [9.17, 15) is 5.11 Å². The van der Waals surface area contributed by atoms with Crippen LogP contribution in [0.15, 0.2) is 6.20 Å². The number of nitrogens with zero attached hydrogens (tertiary/aromatic N) is 2. The molecule has 1 aromatic rings. The van der Waals surface area contributed by atoms with Crippen molar-refractivity contribution in [3.63, 3.8) is 0 Å². The molecule has 1 aromatic heterocycles. The highest BCUT2D eigenvalue weighted by Crippen LogP contribution is 2.23. The van der Waals surface area contributed by atoms with Crippen LogP contribution in [0.25, 0.3) is 0 Å². The van der Waals surface area contributed by atoms with Crippen molar-refractivity contribution in [1.82, 2.24) is 9.88 Å². The zero-order valence-corrected chi connectivity index (χ0v) is 10.8. The quantitative estimate of drug-likeness (QED) is 0.880. The Hall–Kier alpha value is -0.450. The van der Waals surface area contributed by atoms with Gasteiger partial charge >= 0.3 is 0 Å². The Bertz CT molecular complexity index is 338. The van der Waals surface area contributed by atoms with E-state index in [-0.39, 0.29) is 6.10 Å². The van der Waals surface area contributed by atoms with Gasteiger partial charge in [0, 0.05) is 23.7 Å². The maximum absolute atomic E-state index is 9.78. The SMILES string of the molecule is Cc1ncc(CN2CCCCC2C(C)O)s1. The van der Waals surface area contributed by atoms with E-state index in [0.29, 0.717) is 6.04 Å². The van der Waals surface area contributed by atoms with Gasteiger partial charge in [-0.1, -0.05) is 6.42 Å². The van der Waals surface area contributed by atoms with Gasteiger partial charge in [-0.25, -0.2) is 4.98 Å². The molecule has 0 aromatic carbocycles. The lowest BCUT2D eigenvalue weighted by molar-refractivity contribution is 0.0322. The van der Waals surface area contributed by atoms with E-state index >= 15 is 0 Å². The summed E-state index contributed by atoms with van der Waals surface area (Å²) in [6, 6.07) is 0.330. The van der Waals surface area contributed by atoms with Crippen molar-refractivity contribution in [2.45, 2.75) is 51.8 Å². The highest BCUT2D eigenvalue weighted by atomic mass is 32.1. The number of thiazole rings is 1. The Labute approximate surface area is 101 Å². The summed E-state index contributed by atoms with van der Waals surface area (Å²) in [7, 11) is 0. The number of aliphatic hydroxyl groups excluding tert-OH is 1. The average Bonchev–Trinajstić information content (AvgIpc) is 2.64. The van der Waals surface area contributed by atoms with Crippen molar-refractivity contribution in [3.05, 3.63) is 16.1 Å². The number of rotatable bonds is 3. The molecule has 90 valence electrons. The largest absolute Gasteiger partial charge is 0.392 e. The maximum atomic E-state index is 9.78. The van der Waals surface area contributed by atoms with E-state index in [1.807, 2.05) is 20.0 Å². The lowest BCUT2D eigenvalue weighted by Gasteiger charge is -2.37. The first kappa shape index (κ1) is 12.0. The molecule has 1 saturated heterocycles. The van der Waals surface area contributed by atoms with Gasteiger partial charge in [0.15, 0.2) is 0 Å². The van der Waals surface area contributed by atoms with E-state index in [0.717, 1.165) is 24.5 Å². The smallest absolute Gasteiger partial charge is 0.0897 e. The first-order valence-corrected chi connectivity index (χ1v) is 6.82. The fraction of sp³-hybridized carbons (Fsp3) is 0.750. The van der Waals surface area contributed by atoms with Crippen LogP contribution >= 0.6 is 11.3 Å². The van der Waals surface area contributed by atoms with Gasteiger partial charge in [-0.15, -0.1) is 11.3 Å². The second-order valence-electron chi connectivity index (χ2n) is 4.62. The summed E-state index contributed by atoms with van der Waals surface area (Å²) >= 11 is 1.76. The molecule has 0 aliphatic carbocycles. The standard InChI is InChI=1S/C12H20N2OS/c1-9(15)12-5-3-4-6-14(12)8-11-7-13-10(2)16-11/h7,9,12,15H,3-6,8H2,1-2H3. The Morgan fingerprint density at radius 3 is 3.06 bits per heavy atom. The molecule has 2 unspecified atom stereocenters. The summed E-state index contributed by atoms with van der Waals surface area (Å²) in [5.74, 6) is 0. The second kappa shape index (κ2) is 5.25. The Balaban J connectivity index is 2.01. The molecule has 1 fully saturated rings. The Kier molecular flexibility index (Phi) is 3.95. The van der Waals surface area contributed by atoms with Crippen LogP contribution in [0.3, 0.4) is 0 Å². The molecule has 1 aliphatic rings. The predicted octanol–water partition coefficient (Wildman–Crippen LogP) is 2.19. The first-order valence-electron chi connectivity index (χ1n) is 6.00. The second-order valence-corrected chi connectivity index (χ2v) is 5.94. The third-order valence-electron chi connectivity index (χ3n) is 3.25. The van der Waals surface area contributed by atoms with Gasteiger partial charge in [-0.3, -0.25) is 4.90 Å². The fourth-order valence-electron chi connectivity index (χ4n) is 2.44. The third-order valence-corrected chi connectivity index (χ3v) is 4.15. The van der Waals surface area contributed by atoms with Crippen molar-refractivity contribution in [3.8, 4) is 0 Å². The zero-order valence-electron chi connectivity index (χ0n) is 10.0. The number of likely N-dealkylation sites (tertiary alicyclic amines) is 1. The molecule has 2 rings (SSSR count). The summed E-state index contributed by atoms with van der Waals surface area (Å²) in [4.78, 5) is 8.00. The molecular weight excluding hydrogens is 220 g/mol. The number of aryl methyl sites for hydroxylation is 1. The zero-order chi connectivity index (χ0) is 11.5. The minimum atomic E-state index is -0.227. The molecule has 2 atom stereocenters. The van der Waals surface area contributed by atoms with Gasteiger partial charge in [0.1, 0.15) is 0 Å². The molecule has 16 heavy (non-hydrogen) atoms. The summed E-state index contributed by atoms with van der Waals surface area (Å²) in [6.45, 7) is 5.99. The summed E-state index contributed by atoms with van der Waals surface area (Å²) < 4.78 is 0. The average molecular weight is 240 g/mol. The number of hydrogen-bond donors (Lipinski definition) is 1. The normalized spacial score (nSPS) is 24.6. The summed E-state index contributed by atoms with van der Waals surface area (Å²) in [6.07, 6.45) is 5.35. The van der Waals surface area contributed by atoms with Crippen LogP contribution < -0.4 is 0 Å². The summed E-state index contributed by atoms with van der Waals surface area (Å²) in [5.41, 5.74) is 0. The molecule has 0 bridgehead atoms. The molecule has 4 heteroatoms. The van der Waals surface area contributed by atoms with Crippen LogP contribution in [0.4, 0.5) is 0 Å². The third kappa shape index (κ3) is 2.81. The molecule has 1 aliphatic heterocycles. The molecule has 2 heterocycles. The predicted molar refractivity (Wildman–Crippen MR) is 66.6 cm³/mol. The van der Waals surface area contributed by atoms with Crippen LogP contribution in [-0.2, 0) is 6.54 Å². The number of hydrogen-bond acceptors (Lipinski definition) is 4. The van der Waals surface area contributed by atoms with Crippen molar-refractivity contribution in [2.24, 2.45) is 0 Å². The number of piperidine rings is 1. The van der Waals surface area contributed by atoms with Gasteiger partial charge in [0.25, 0.3) is 0 Å². The van der Waals surface area contributed by atoms with E-state index in [1.54, 1.807) is 11.3 Å². The van der Waals surface area contributed by atoms with E-state index < -0.39 is 0 Å². The first-order chi connectivity index (χ1) is 7.66. The molecule has 0 spiro atoms. The van der Waals surface area contributed by atoms with E-state index in [4.69, 9.17) is 0 Å². The van der Waals surface area contributed by atoms with Crippen molar-refractivity contribution < 1.29 is 5.11 Å². The Morgan fingerprint density at radius 1 is 1.62 bits per heavy atom. The fourth-order valence-corrected chi connectivity index (χ4v) is 3.26. The molecular formula is C12H20N2OS.